The Kier molecular flexibility index (Phi) is 5.34. The second-order valence-electron chi connectivity index (χ2n) is 5.44. The van der Waals surface area contributed by atoms with Crippen LogP contribution in [0.15, 0.2) is 53.4 Å². The lowest BCUT2D eigenvalue weighted by Crippen LogP contribution is -2.27. The molecule has 1 amide bonds. The van der Waals surface area contributed by atoms with Crippen molar-refractivity contribution in [2.45, 2.75) is 6.54 Å². The Morgan fingerprint density at radius 1 is 1.27 bits per heavy atom. The highest BCUT2D eigenvalue weighted by molar-refractivity contribution is 8.26. The van der Waals surface area contributed by atoms with E-state index < -0.39 is 4.92 Å². The van der Waals surface area contributed by atoms with Gasteiger partial charge in [0.2, 0.25) is 0 Å². The number of thiocarbonyl (C=S) groups is 1. The Bertz CT molecular complexity index is 913. The molecule has 0 saturated carbocycles. The molecule has 0 aliphatic carbocycles. The molecule has 1 heterocycles. The van der Waals surface area contributed by atoms with Crippen molar-refractivity contribution in [2.75, 3.05) is 7.11 Å². The molecule has 3 rings (SSSR count). The highest BCUT2D eigenvalue weighted by Gasteiger charge is 2.32. The summed E-state index contributed by atoms with van der Waals surface area (Å²) in [6.07, 6.45) is 1.61. The Hall–Kier alpha value is -2.71. The smallest absolute Gasteiger partial charge is 0.311 e. The van der Waals surface area contributed by atoms with Crippen LogP contribution in [-0.4, -0.2) is 27.2 Å². The van der Waals surface area contributed by atoms with Crippen LogP contribution in [0.5, 0.6) is 5.75 Å². The Labute approximate surface area is 159 Å². The third-order valence-electron chi connectivity index (χ3n) is 3.75. The van der Waals surface area contributed by atoms with E-state index in [0.29, 0.717) is 21.3 Å². The van der Waals surface area contributed by atoms with Gasteiger partial charge in [-0.3, -0.25) is 19.8 Å². The minimum Gasteiger partial charge on any atom is -0.490 e. The molecule has 0 spiro atoms. The largest absolute Gasteiger partial charge is 0.490 e. The van der Waals surface area contributed by atoms with Crippen LogP contribution in [0.25, 0.3) is 6.08 Å². The van der Waals surface area contributed by atoms with Gasteiger partial charge in [0.15, 0.2) is 5.75 Å². The van der Waals surface area contributed by atoms with Crippen LogP contribution < -0.4 is 4.74 Å². The first-order valence-electron chi connectivity index (χ1n) is 7.61. The van der Waals surface area contributed by atoms with Gasteiger partial charge >= 0.3 is 5.69 Å². The van der Waals surface area contributed by atoms with Crippen LogP contribution >= 0.6 is 24.0 Å². The summed E-state index contributed by atoms with van der Waals surface area (Å²) in [4.78, 5) is 25.2. The summed E-state index contributed by atoms with van der Waals surface area (Å²) in [5.41, 5.74) is 1.36. The molecule has 8 heteroatoms. The molecule has 2 aromatic rings. The summed E-state index contributed by atoms with van der Waals surface area (Å²) in [6, 6.07) is 14.1. The lowest BCUT2D eigenvalue weighted by Gasteiger charge is -2.14. The van der Waals surface area contributed by atoms with Crippen molar-refractivity contribution in [1.82, 2.24) is 4.90 Å². The van der Waals surface area contributed by atoms with E-state index in [1.54, 1.807) is 12.1 Å². The zero-order valence-electron chi connectivity index (χ0n) is 13.7. The Morgan fingerprint density at radius 3 is 2.65 bits per heavy atom. The van der Waals surface area contributed by atoms with E-state index in [1.807, 2.05) is 30.3 Å². The van der Waals surface area contributed by atoms with Crippen molar-refractivity contribution in [3.63, 3.8) is 0 Å². The number of methoxy groups -OCH3 is 1. The van der Waals surface area contributed by atoms with Gasteiger partial charge in [-0.25, -0.2) is 0 Å². The molecule has 0 radical (unpaired) electrons. The predicted molar refractivity (Wildman–Crippen MR) is 105 cm³/mol. The zero-order chi connectivity index (χ0) is 18.7. The standard InChI is InChI=1S/C18H14N2O4S2/c1-24-15-8-7-13(9-14(15)20(22)23)10-16-17(21)19(18(25)26-16)11-12-5-3-2-4-6-12/h2-10H,11H2,1H3. The second-order valence-corrected chi connectivity index (χ2v) is 7.12. The normalized spacial score (nSPS) is 15.6. The number of hydrogen-bond donors (Lipinski definition) is 0. The average molecular weight is 386 g/mol. The summed E-state index contributed by atoms with van der Waals surface area (Å²) >= 11 is 6.50. The number of amides is 1. The highest BCUT2D eigenvalue weighted by atomic mass is 32.2. The van der Waals surface area contributed by atoms with Gasteiger partial charge in [0, 0.05) is 6.07 Å². The van der Waals surface area contributed by atoms with Crippen LogP contribution in [0.1, 0.15) is 11.1 Å². The molecule has 26 heavy (non-hydrogen) atoms. The number of benzene rings is 2. The number of nitro benzene ring substituents is 1. The molecule has 132 valence electrons. The number of nitrogens with zero attached hydrogens (tertiary/aromatic N) is 2. The molecule has 2 aromatic carbocycles. The van der Waals surface area contributed by atoms with E-state index in [2.05, 4.69) is 0 Å². The number of nitro groups is 1. The Balaban J connectivity index is 1.86. The van der Waals surface area contributed by atoms with Crippen LogP contribution in [0, 0.1) is 10.1 Å². The highest BCUT2D eigenvalue weighted by Crippen LogP contribution is 2.35. The minimum absolute atomic E-state index is 0.152. The van der Waals surface area contributed by atoms with Crippen molar-refractivity contribution in [2.24, 2.45) is 0 Å². The quantitative estimate of drug-likeness (QED) is 0.335. The average Bonchev–Trinajstić information content (AvgIpc) is 2.90. The number of hydrogen-bond acceptors (Lipinski definition) is 6. The maximum atomic E-state index is 12.7. The number of carbonyl (C=O) groups excluding carboxylic acids is 1. The predicted octanol–water partition coefficient (Wildman–Crippen LogP) is 4.00. The fourth-order valence-corrected chi connectivity index (χ4v) is 3.75. The minimum atomic E-state index is -0.517. The Morgan fingerprint density at radius 2 is 2.00 bits per heavy atom. The van der Waals surface area contributed by atoms with Gasteiger partial charge in [0.1, 0.15) is 4.32 Å². The first-order valence-corrected chi connectivity index (χ1v) is 8.84. The maximum Gasteiger partial charge on any atom is 0.311 e. The van der Waals surface area contributed by atoms with E-state index in [-0.39, 0.29) is 17.3 Å². The van der Waals surface area contributed by atoms with Gasteiger partial charge in [-0.05, 0) is 23.3 Å². The van der Waals surface area contributed by atoms with E-state index in [0.717, 1.165) is 5.56 Å². The van der Waals surface area contributed by atoms with Crippen LogP contribution in [-0.2, 0) is 11.3 Å². The zero-order valence-corrected chi connectivity index (χ0v) is 15.4. The summed E-state index contributed by atoms with van der Waals surface area (Å²) < 4.78 is 5.46. The van der Waals surface area contributed by atoms with Gasteiger partial charge in [-0.1, -0.05) is 60.4 Å². The first-order chi connectivity index (χ1) is 12.5. The van der Waals surface area contributed by atoms with Crippen molar-refractivity contribution in [3.05, 3.63) is 74.7 Å². The first kappa shape index (κ1) is 18.1. The van der Waals surface area contributed by atoms with Crippen molar-refractivity contribution in [1.29, 1.82) is 0 Å². The summed E-state index contributed by atoms with van der Waals surface area (Å²) in [5.74, 6) is -0.0360. The summed E-state index contributed by atoms with van der Waals surface area (Å²) in [7, 11) is 1.37. The van der Waals surface area contributed by atoms with Gasteiger partial charge in [0.05, 0.1) is 23.5 Å². The molecule has 0 bridgehead atoms. The molecule has 0 aromatic heterocycles. The van der Waals surface area contributed by atoms with Crippen LogP contribution in [0.4, 0.5) is 5.69 Å². The number of ether oxygens (including phenoxy) is 1. The molecule has 1 aliphatic heterocycles. The topological polar surface area (TPSA) is 72.7 Å². The monoisotopic (exact) mass is 386 g/mol. The molecule has 1 saturated heterocycles. The van der Waals surface area contributed by atoms with E-state index in [1.165, 1.54) is 35.9 Å². The molecule has 0 atom stereocenters. The number of carbonyl (C=O) groups is 1. The van der Waals surface area contributed by atoms with Gasteiger partial charge in [-0.2, -0.15) is 0 Å². The molecule has 1 fully saturated rings. The fraction of sp³-hybridized carbons (Fsp3) is 0.111. The van der Waals surface area contributed by atoms with Gasteiger partial charge in [0.25, 0.3) is 5.91 Å². The van der Waals surface area contributed by atoms with Crippen LogP contribution in [0.2, 0.25) is 0 Å². The van der Waals surface area contributed by atoms with Crippen molar-refractivity contribution >= 4 is 46.0 Å². The SMILES string of the molecule is COc1ccc(C=C2SC(=S)N(Cc3ccccc3)C2=O)cc1[N+](=O)[O-]. The van der Waals surface area contributed by atoms with Crippen molar-refractivity contribution in [3.8, 4) is 5.75 Å². The summed E-state index contributed by atoms with van der Waals surface area (Å²) in [6.45, 7) is 0.394. The van der Waals surface area contributed by atoms with Gasteiger partial charge < -0.3 is 4.74 Å². The number of rotatable bonds is 5. The molecule has 0 unspecified atom stereocenters. The van der Waals surface area contributed by atoms with Gasteiger partial charge in [-0.15, -0.1) is 0 Å². The molecule has 6 nitrogen and oxygen atoms in total. The lowest BCUT2D eigenvalue weighted by atomic mass is 10.1. The molecular formula is C18H14N2O4S2. The third kappa shape index (κ3) is 3.76. The molecule has 0 N–H and O–H groups in total. The maximum absolute atomic E-state index is 12.7. The lowest BCUT2D eigenvalue weighted by molar-refractivity contribution is -0.385. The van der Waals surface area contributed by atoms with E-state index in [4.69, 9.17) is 17.0 Å². The second kappa shape index (κ2) is 7.67. The number of thioether (sulfide) groups is 1. The molecule has 1 aliphatic rings. The van der Waals surface area contributed by atoms with Crippen LogP contribution in [0.3, 0.4) is 0 Å². The van der Waals surface area contributed by atoms with Crippen molar-refractivity contribution < 1.29 is 14.5 Å². The van der Waals surface area contributed by atoms with E-state index in [9.17, 15) is 14.9 Å². The molecular weight excluding hydrogens is 372 g/mol. The van der Waals surface area contributed by atoms with E-state index >= 15 is 0 Å². The third-order valence-corrected chi connectivity index (χ3v) is 5.13. The summed E-state index contributed by atoms with van der Waals surface area (Å²) in [5, 5.41) is 11.1. The fourth-order valence-electron chi connectivity index (χ4n) is 2.49.